The first-order valence-electron chi connectivity index (χ1n) is 8.68. The molecule has 0 radical (unpaired) electrons. The lowest BCUT2D eigenvalue weighted by molar-refractivity contribution is 0.0945. The number of nitrogens with zero attached hydrogens (tertiary/aromatic N) is 2. The van der Waals surface area contributed by atoms with Crippen molar-refractivity contribution in [3.63, 3.8) is 0 Å². The van der Waals surface area contributed by atoms with Crippen LogP contribution in [0.1, 0.15) is 32.9 Å². The summed E-state index contributed by atoms with van der Waals surface area (Å²) in [6.45, 7) is 4.50. The first-order chi connectivity index (χ1) is 13.0. The fourth-order valence-electron chi connectivity index (χ4n) is 2.65. The van der Waals surface area contributed by atoms with Crippen LogP contribution in [0.3, 0.4) is 0 Å². The summed E-state index contributed by atoms with van der Waals surface area (Å²) in [6, 6.07) is 16.0. The SMILES string of the molecule is Cc1cc(C(=O)NCc2ccccc2F)nc(NCc2ccccc2C)n1. The Kier molecular flexibility index (Phi) is 5.76. The maximum atomic E-state index is 13.7. The average molecular weight is 364 g/mol. The minimum Gasteiger partial charge on any atom is -0.350 e. The zero-order chi connectivity index (χ0) is 19.2. The van der Waals surface area contributed by atoms with Crippen LogP contribution in [0.15, 0.2) is 54.6 Å². The molecule has 1 aromatic heterocycles. The quantitative estimate of drug-likeness (QED) is 0.699. The van der Waals surface area contributed by atoms with Crippen molar-refractivity contribution in [2.45, 2.75) is 26.9 Å². The second-order valence-electron chi connectivity index (χ2n) is 6.27. The molecule has 5 nitrogen and oxygen atoms in total. The number of halogens is 1. The molecule has 3 aromatic rings. The van der Waals surface area contributed by atoms with E-state index in [4.69, 9.17) is 0 Å². The van der Waals surface area contributed by atoms with Gasteiger partial charge in [-0.05, 0) is 37.1 Å². The number of rotatable bonds is 6. The Morgan fingerprint density at radius 1 is 0.963 bits per heavy atom. The van der Waals surface area contributed by atoms with Gasteiger partial charge in [0, 0.05) is 24.3 Å². The van der Waals surface area contributed by atoms with E-state index in [2.05, 4.69) is 20.6 Å². The van der Waals surface area contributed by atoms with Gasteiger partial charge in [0.05, 0.1) is 0 Å². The van der Waals surface area contributed by atoms with Crippen LogP contribution in [0.5, 0.6) is 0 Å². The van der Waals surface area contributed by atoms with Gasteiger partial charge < -0.3 is 10.6 Å². The van der Waals surface area contributed by atoms with Gasteiger partial charge in [-0.15, -0.1) is 0 Å². The fourth-order valence-corrected chi connectivity index (χ4v) is 2.65. The molecule has 1 amide bonds. The fraction of sp³-hybridized carbons (Fsp3) is 0.190. The lowest BCUT2D eigenvalue weighted by Gasteiger charge is -2.10. The number of nitrogens with one attached hydrogen (secondary N) is 2. The van der Waals surface area contributed by atoms with E-state index in [0.717, 1.165) is 5.56 Å². The van der Waals surface area contributed by atoms with Gasteiger partial charge in [0.25, 0.3) is 5.91 Å². The molecular weight excluding hydrogens is 343 g/mol. The molecule has 1 heterocycles. The van der Waals surface area contributed by atoms with Gasteiger partial charge in [-0.2, -0.15) is 0 Å². The van der Waals surface area contributed by atoms with Crippen LogP contribution in [0, 0.1) is 19.7 Å². The molecule has 0 aliphatic carbocycles. The minimum absolute atomic E-state index is 0.0977. The lowest BCUT2D eigenvalue weighted by Crippen LogP contribution is -2.25. The van der Waals surface area contributed by atoms with Gasteiger partial charge in [0.1, 0.15) is 11.5 Å². The Morgan fingerprint density at radius 2 is 1.67 bits per heavy atom. The van der Waals surface area contributed by atoms with E-state index in [0.29, 0.717) is 23.8 Å². The van der Waals surface area contributed by atoms with Crippen molar-refractivity contribution in [1.82, 2.24) is 15.3 Å². The molecule has 0 bridgehead atoms. The highest BCUT2D eigenvalue weighted by Gasteiger charge is 2.11. The van der Waals surface area contributed by atoms with Crippen LogP contribution in [-0.2, 0) is 13.1 Å². The Hall–Kier alpha value is -3.28. The van der Waals surface area contributed by atoms with Crippen molar-refractivity contribution < 1.29 is 9.18 Å². The van der Waals surface area contributed by atoms with E-state index in [9.17, 15) is 9.18 Å². The van der Waals surface area contributed by atoms with Gasteiger partial charge >= 0.3 is 0 Å². The predicted octanol–water partition coefficient (Wildman–Crippen LogP) is 3.77. The lowest BCUT2D eigenvalue weighted by atomic mass is 10.1. The smallest absolute Gasteiger partial charge is 0.270 e. The molecule has 2 aromatic carbocycles. The number of anilines is 1. The molecule has 27 heavy (non-hydrogen) atoms. The number of hydrogen-bond donors (Lipinski definition) is 2. The topological polar surface area (TPSA) is 66.9 Å². The summed E-state index contributed by atoms with van der Waals surface area (Å²) in [7, 11) is 0. The van der Waals surface area contributed by atoms with Crippen LogP contribution < -0.4 is 10.6 Å². The summed E-state index contributed by atoms with van der Waals surface area (Å²) in [5.41, 5.74) is 3.64. The maximum Gasteiger partial charge on any atom is 0.270 e. The summed E-state index contributed by atoms with van der Waals surface area (Å²) in [6.07, 6.45) is 0. The molecule has 0 atom stereocenters. The molecule has 0 aliphatic heterocycles. The highest BCUT2D eigenvalue weighted by Crippen LogP contribution is 2.11. The molecule has 0 unspecified atom stereocenters. The largest absolute Gasteiger partial charge is 0.350 e. The van der Waals surface area contributed by atoms with Gasteiger partial charge in [-0.25, -0.2) is 14.4 Å². The second-order valence-corrected chi connectivity index (χ2v) is 6.27. The third-order valence-corrected chi connectivity index (χ3v) is 4.18. The van der Waals surface area contributed by atoms with Crippen molar-refractivity contribution in [2.24, 2.45) is 0 Å². The van der Waals surface area contributed by atoms with Crippen LogP contribution in [-0.4, -0.2) is 15.9 Å². The molecule has 0 saturated carbocycles. The maximum absolute atomic E-state index is 13.7. The second kappa shape index (κ2) is 8.40. The average Bonchev–Trinajstić information content (AvgIpc) is 2.66. The standard InChI is InChI=1S/C21H21FN4O/c1-14-7-3-4-8-16(14)12-24-21-25-15(2)11-19(26-21)20(27)23-13-17-9-5-6-10-18(17)22/h3-11H,12-13H2,1-2H3,(H,23,27)(H,24,25,26). The molecular formula is C21H21FN4O. The highest BCUT2D eigenvalue weighted by atomic mass is 19.1. The molecule has 0 spiro atoms. The number of hydrogen-bond acceptors (Lipinski definition) is 4. The van der Waals surface area contributed by atoms with Gasteiger partial charge in [0.2, 0.25) is 5.95 Å². The van der Waals surface area contributed by atoms with E-state index < -0.39 is 0 Å². The molecule has 0 aliphatic rings. The van der Waals surface area contributed by atoms with E-state index in [1.54, 1.807) is 31.2 Å². The van der Waals surface area contributed by atoms with Crippen molar-refractivity contribution >= 4 is 11.9 Å². The summed E-state index contributed by atoms with van der Waals surface area (Å²) in [4.78, 5) is 21.0. The molecule has 0 fully saturated rings. The third-order valence-electron chi connectivity index (χ3n) is 4.18. The van der Waals surface area contributed by atoms with Crippen LogP contribution >= 0.6 is 0 Å². The first kappa shape index (κ1) is 18.5. The number of benzene rings is 2. The van der Waals surface area contributed by atoms with E-state index >= 15 is 0 Å². The predicted molar refractivity (Wildman–Crippen MR) is 103 cm³/mol. The molecule has 138 valence electrons. The van der Waals surface area contributed by atoms with Crippen molar-refractivity contribution in [2.75, 3.05) is 5.32 Å². The summed E-state index contributed by atoms with van der Waals surface area (Å²) >= 11 is 0. The zero-order valence-corrected chi connectivity index (χ0v) is 15.3. The van der Waals surface area contributed by atoms with E-state index in [1.807, 2.05) is 31.2 Å². The number of carbonyl (C=O) groups is 1. The normalized spacial score (nSPS) is 10.5. The van der Waals surface area contributed by atoms with Crippen LogP contribution in [0.4, 0.5) is 10.3 Å². The minimum atomic E-state index is -0.373. The summed E-state index contributed by atoms with van der Waals surface area (Å²) < 4.78 is 13.7. The number of aryl methyl sites for hydroxylation is 2. The van der Waals surface area contributed by atoms with Crippen molar-refractivity contribution in [1.29, 1.82) is 0 Å². The number of amides is 1. The van der Waals surface area contributed by atoms with Gasteiger partial charge in [-0.3, -0.25) is 4.79 Å². The van der Waals surface area contributed by atoms with Crippen LogP contribution in [0.2, 0.25) is 0 Å². The first-order valence-corrected chi connectivity index (χ1v) is 8.68. The number of carbonyl (C=O) groups excluding carboxylic acids is 1. The van der Waals surface area contributed by atoms with E-state index in [1.165, 1.54) is 11.6 Å². The Labute approximate surface area is 157 Å². The van der Waals surface area contributed by atoms with Gasteiger partial charge in [-0.1, -0.05) is 42.5 Å². The van der Waals surface area contributed by atoms with Crippen molar-refractivity contribution in [3.05, 3.63) is 88.5 Å². The third kappa shape index (κ3) is 4.88. The highest BCUT2D eigenvalue weighted by molar-refractivity contribution is 5.92. The Balaban J connectivity index is 1.68. The monoisotopic (exact) mass is 364 g/mol. The Bertz CT molecular complexity index is 958. The molecule has 3 rings (SSSR count). The van der Waals surface area contributed by atoms with Crippen molar-refractivity contribution in [3.8, 4) is 0 Å². The van der Waals surface area contributed by atoms with Crippen LogP contribution in [0.25, 0.3) is 0 Å². The summed E-state index contributed by atoms with van der Waals surface area (Å²) in [5.74, 6) is -0.339. The number of aromatic nitrogens is 2. The zero-order valence-electron chi connectivity index (χ0n) is 15.3. The molecule has 6 heteroatoms. The van der Waals surface area contributed by atoms with E-state index in [-0.39, 0.29) is 24.0 Å². The summed E-state index contributed by atoms with van der Waals surface area (Å²) in [5, 5.41) is 5.85. The van der Waals surface area contributed by atoms with Gasteiger partial charge in [0.15, 0.2) is 0 Å². The molecule has 0 saturated heterocycles. The Morgan fingerprint density at radius 3 is 2.41 bits per heavy atom. The molecule has 2 N–H and O–H groups in total.